The number of rotatable bonds is 5. The van der Waals surface area contributed by atoms with Crippen molar-refractivity contribution in [1.82, 2.24) is 0 Å². The lowest BCUT2D eigenvalue weighted by atomic mass is 9.84. The van der Waals surface area contributed by atoms with E-state index in [4.69, 9.17) is 14.2 Å². The van der Waals surface area contributed by atoms with Crippen LogP contribution >= 0.6 is 0 Å². The number of fused-ring (bicyclic) bond motifs is 2. The maximum Gasteiger partial charge on any atom is 0.338 e. The van der Waals surface area contributed by atoms with E-state index < -0.39 is 17.5 Å². The van der Waals surface area contributed by atoms with Gasteiger partial charge in [0.25, 0.3) is 0 Å². The van der Waals surface area contributed by atoms with E-state index >= 15 is 0 Å². The molecule has 0 spiro atoms. The van der Waals surface area contributed by atoms with Crippen molar-refractivity contribution in [3.63, 3.8) is 0 Å². The zero-order valence-corrected chi connectivity index (χ0v) is 19.0. The molecule has 0 fully saturated rings. The lowest BCUT2D eigenvalue weighted by Gasteiger charge is -2.34. The number of hydrogen-bond donors (Lipinski definition) is 0. The minimum atomic E-state index is -0.501. The van der Waals surface area contributed by atoms with Crippen LogP contribution in [-0.4, -0.2) is 17.5 Å². The first-order valence-electron chi connectivity index (χ1n) is 10.5. The summed E-state index contributed by atoms with van der Waals surface area (Å²) in [6, 6.07) is 7.45. The van der Waals surface area contributed by atoms with Crippen LogP contribution in [0.15, 0.2) is 48.6 Å². The fourth-order valence-electron chi connectivity index (χ4n) is 3.77. The van der Waals surface area contributed by atoms with E-state index in [0.717, 1.165) is 24.0 Å². The minimum Gasteiger partial charge on any atom is -0.422 e. The van der Waals surface area contributed by atoms with E-state index in [-0.39, 0.29) is 6.10 Å². The van der Waals surface area contributed by atoms with Gasteiger partial charge in [-0.2, -0.15) is 0 Å². The summed E-state index contributed by atoms with van der Waals surface area (Å²) in [6.07, 6.45) is 2.01. The summed E-state index contributed by atoms with van der Waals surface area (Å²) < 4.78 is 18.1. The minimum absolute atomic E-state index is 0.302. The summed E-state index contributed by atoms with van der Waals surface area (Å²) in [6.45, 7) is 16.6. The van der Waals surface area contributed by atoms with Gasteiger partial charge >= 0.3 is 11.9 Å². The van der Waals surface area contributed by atoms with E-state index in [2.05, 4.69) is 13.2 Å². The summed E-state index contributed by atoms with van der Waals surface area (Å²) in [5.74, 6) is -0.0596. The molecule has 31 heavy (non-hydrogen) atoms. The molecule has 1 unspecified atom stereocenters. The van der Waals surface area contributed by atoms with Gasteiger partial charge in [-0.25, -0.2) is 9.59 Å². The molecule has 0 radical (unpaired) electrons. The SMILES string of the molecule is C=C(C)C(=O)Oc1c2c(c(OC(=O)C(=C)C)c3ccccc13)C(OC(C)(C)C)CCC2. The molecule has 0 aliphatic heterocycles. The third-order valence-corrected chi connectivity index (χ3v) is 5.06. The van der Waals surface area contributed by atoms with Crippen LogP contribution in [0.2, 0.25) is 0 Å². The molecule has 2 aromatic rings. The molecule has 1 atom stereocenters. The molecular weight excluding hydrogens is 392 g/mol. The summed E-state index contributed by atoms with van der Waals surface area (Å²) in [7, 11) is 0. The number of carbonyl (C=O) groups is 2. The van der Waals surface area contributed by atoms with Gasteiger partial charge in [0.2, 0.25) is 0 Å². The number of benzene rings is 2. The Bertz CT molecular complexity index is 1070. The first-order chi connectivity index (χ1) is 14.5. The molecule has 0 saturated heterocycles. The second-order valence-electron chi connectivity index (χ2n) is 9.05. The molecule has 5 nitrogen and oxygen atoms in total. The molecule has 1 aliphatic rings. The highest BCUT2D eigenvalue weighted by Gasteiger charge is 2.34. The first kappa shape index (κ1) is 22.8. The van der Waals surface area contributed by atoms with Crippen LogP contribution in [0.5, 0.6) is 11.5 Å². The van der Waals surface area contributed by atoms with Gasteiger partial charge in [0.05, 0.1) is 11.7 Å². The van der Waals surface area contributed by atoms with E-state index in [0.29, 0.717) is 39.8 Å². The summed E-state index contributed by atoms with van der Waals surface area (Å²) in [5.41, 5.74) is 1.81. The molecule has 5 heteroatoms. The number of hydrogen-bond acceptors (Lipinski definition) is 5. The second-order valence-corrected chi connectivity index (χ2v) is 9.05. The van der Waals surface area contributed by atoms with Gasteiger partial charge in [-0.1, -0.05) is 37.4 Å². The van der Waals surface area contributed by atoms with Crippen molar-refractivity contribution in [3.05, 3.63) is 59.7 Å². The first-order valence-corrected chi connectivity index (χ1v) is 10.5. The molecular formula is C26H30O5. The van der Waals surface area contributed by atoms with Crippen molar-refractivity contribution in [2.75, 3.05) is 0 Å². The van der Waals surface area contributed by atoms with Crippen molar-refractivity contribution in [2.24, 2.45) is 0 Å². The molecule has 1 aliphatic carbocycles. The monoisotopic (exact) mass is 422 g/mol. The van der Waals surface area contributed by atoms with Gasteiger partial charge in [-0.05, 0) is 53.9 Å². The van der Waals surface area contributed by atoms with Crippen LogP contribution < -0.4 is 9.47 Å². The second kappa shape index (κ2) is 8.67. The average Bonchev–Trinajstić information content (AvgIpc) is 2.68. The average molecular weight is 423 g/mol. The summed E-state index contributed by atoms with van der Waals surface area (Å²) >= 11 is 0. The third-order valence-electron chi connectivity index (χ3n) is 5.06. The third kappa shape index (κ3) is 4.88. The Labute approximate surface area is 183 Å². The normalized spacial score (nSPS) is 15.8. The maximum absolute atomic E-state index is 12.5. The molecule has 0 saturated carbocycles. The highest BCUT2D eigenvalue weighted by molar-refractivity contribution is 6.01. The Morgan fingerprint density at radius 2 is 1.45 bits per heavy atom. The van der Waals surface area contributed by atoms with Crippen LogP contribution in [0.4, 0.5) is 0 Å². The molecule has 0 N–H and O–H groups in total. The molecule has 0 bridgehead atoms. The molecule has 0 heterocycles. The fraction of sp³-hybridized carbons (Fsp3) is 0.385. The van der Waals surface area contributed by atoms with Crippen LogP contribution in [0.1, 0.15) is 64.7 Å². The predicted molar refractivity (Wildman–Crippen MR) is 121 cm³/mol. The number of carbonyl (C=O) groups excluding carboxylic acids is 2. The standard InChI is InChI=1S/C26H30O5/c1-15(2)24(27)29-22-17-11-8-9-12-18(17)23(30-25(28)16(3)4)21-19(22)13-10-14-20(21)31-26(5,6)7/h8-9,11-12,20H,1,3,10,13-14H2,2,4-7H3. The van der Waals surface area contributed by atoms with Gasteiger partial charge in [-0.3, -0.25) is 0 Å². The van der Waals surface area contributed by atoms with Crippen molar-refractivity contribution < 1.29 is 23.8 Å². The smallest absolute Gasteiger partial charge is 0.338 e. The van der Waals surface area contributed by atoms with Crippen LogP contribution in [0.25, 0.3) is 10.8 Å². The van der Waals surface area contributed by atoms with E-state index in [1.165, 1.54) is 0 Å². The largest absolute Gasteiger partial charge is 0.422 e. The summed E-state index contributed by atoms with van der Waals surface area (Å²) in [5, 5.41) is 1.39. The van der Waals surface area contributed by atoms with Crippen molar-refractivity contribution in [3.8, 4) is 11.5 Å². The number of esters is 2. The predicted octanol–water partition coefficient (Wildman–Crippen LogP) is 6.00. The van der Waals surface area contributed by atoms with Gasteiger partial charge in [0, 0.05) is 33.0 Å². The van der Waals surface area contributed by atoms with Crippen molar-refractivity contribution in [2.45, 2.75) is 65.6 Å². The number of ether oxygens (including phenoxy) is 3. The Kier molecular flexibility index (Phi) is 6.37. The van der Waals surface area contributed by atoms with E-state index in [1.54, 1.807) is 13.8 Å². The molecule has 0 aromatic heterocycles. The van der Waals surface area contributed by atoms with Gasteiger partial charge < -0.3 is 14.2 Å². The Morgan fingerprint density at radius 3 is 1.97 bits per heavy atom. The zero-order valence-electron chi connectivity index (χ0n) is 19.0. The van der Waals surface area contributed by atoms with Crippen molar-refractivity contribution in [1.29, 1.82) is 0 Å². The molecule has 2 aromatic carbocycles. The lowest BCUT2D eigenvalue weighted by molar-refractivity contribution is -0.131. The van der Waals surface area contributed by atoms with Crippen LogP contribution in [0, 0.1) is 0 Å². The lowest BCUT2D eigenvalue weighted by Crippen LogP contribution is -2.26. The Balaban J connectivity index is 2.33. The van der Waals surface area contributed by atoms with E-state index in [9.17, 15) is 9.59 Å². The highest BCUT2D eigenvalue weighted by atomic mass is 16.5. The van der Waals surface area contributed by atoms with Gasteiger partial charge in [0.1, 0.15) is 11.5 Å². The van der Waals surface area contributed by atoms with Crippen LogP contribution in [-0.2, 0) is 20.7 Å². The highest BCUT2D eigenvalue weighted by Crippen LogP contribution is 2.49. The topological polar surface area (TPSA) is 61.8 Å². The fourth-order valence-corrected chi connectivity index (χ4v) is 3.77. The van der Waals surface area contributed by atoms with E-state index in [1.807, 2.05) is 45.0 Å². The van der Waals surface area contributed by atoms with Gasteiger partial charge in [0.15, 0.2) is 0 Å². The maximum atomic E-state index is 12.5. The molecule has 164 valence electrons. The Morgan fingerprint density at radius 1 is 0.935 bits per heavy atom. The quantitative estimate of drug-likeness (QED) is 0.336. The van der Waals surface area contributed by atoms with Gasteiger partial charge in [-0.15, -0.1) is 0 Å². The molecule has 3 rings (SSSR count). The van der Waals surface area contributed by atoms with Crippen LogP contribution in [0.3, 0.4) is 0 Å². The Hall–Kier alpha value is -2.92. The molecule has 0 amide bonds. The van der Waals surface area contributed by atoms with Crippen molar-refractivity contribution >= 4 is 22.7 Å². The summed E-state index contributed by atoms with van der Waals surface area (Å²) in [4.78, 5) is 25.0. The zero-order chi connectivity index (χ0) is 22.9.